The standard InChI is InChI=1S/C14H16F3N3/c1-2-20-8-7-19-13(20)10-18-9-11-5-3-4-6-12(11)14(15,16)17/h3-8,18H,2,9-10H2,1H3. The van der Waals surface area contributed by atoms with Gasteiger partial charge in [-0.3, -0.25) is 0 Å². The fraction of sp³-hybridized carbons (Fsp3) is 0.357. The van der Waals surface area contributed by atoms with E-state index in [2.05, 4.69) is 10.3 Å². The van der Waals surface area contributed by atoms with E-state index < -0.39 is 11.7 Å². The predicted octanol–water partition coefficient (Wildman–Crippen LogP) is 3.21. The normalized spacial score (nSPS) is 11.8. The molecule has 0 bridgehead atoms. The van der Waals surface area contributed by atoms with Crippen LogP contribution in [0.3, 0.4) is 0 Å². The van der Waals surface area contributed by atoms with Crippen LogP contribution < -0.4 is 5.32 Å². The molecule has 1 heterocycles. The molecule has 0 saturated carbocycles. The molecule has 1 aromatic carbocycles. The Balaban J connectivity index is 2.02. The number of aryl methyl sites for hydroxylation is 1. The lowest BCUT2D eigenvalue weighted by atomic mass is 10.1. The molecule has 0 aliphatic carbocycles. The number of benzene rings is 1. The van der Waals surface area contributed by atoms with Gasteiger partial charge in [-0.2, -0.15) is 13.2 Å². The third-order valence-corrected chi connectivity index (χ3v) is 3.06. The molecule has 0 spiro atoms. The molecule has 0 saturated heterocycles. The van der Waals surface area contributed by atoms with Crippen molar-refractivity contribution >= 4 is 0 Å². The SMILES string of the molecule is CCn1ccnc1CNCc1ccccc1C(F)(F)F. The molecule has 1 N–H and O–H groups in total. The summed E-state index contributed by atoms with van der Waals surface area (Å²) in [5.74, 6) is 0.817. The van der Waals surface area contributed by atoms with E-state index in [-0.39, 0.29) is 12.1 Å². The molecular formula is C14H16F3N3. The van der Waals surface area contributed by atoms with Gasteiger partial charge in [0.15, 0.2) is 0 Å². The van der Waals surface area contributed by atoms with Gasteiger partial charge in [-0.1, -0.05) is 18.2 Å². The fourth-order valence-electron chi connectivity index (χ4n) is 2.06. The quantitative estimate of drug-likeness (QED) is 0.913. The Labute approximate surface area is 115 Å². The van der Waals surface area contributed by atoms with Gasteiger partial charge < -0.3 is 9.88 Å². The minimum absolute atomic E-state index is 0.159. The Kier molecular flexibility index (Phi) is 4.44. The molecule has 6 heteroatoms. The smallest absolute Gasteiger partial charge is 0.334 e. The van der Waals surface area contributed by atoms with Crippen molar-refractivity contribution in [2.75, 3.05) is 0 Å². The van der Waals surface area contributed by atoms with Gasteiger partial charge in [0, 0.05) is 25.5 Å². The largest absolute Gasteiger partial charge is 0.416 e. The highest BCUT2D eigenvalue weighted by Gasteiger charge is 2.32. The first kappa shape index (κ1) is 14.6. The van der Waals surface area contributed by atoms with E-state index in [1.807, 2.05) is 17.7 Å². The van der Waals surface area contributed by atoms with Crippen LogP contribution >= 0.6 is 0 Å². The number of halogens is 3. The van der Waals surface area contributed by atoms with E-state index in [0.717, 1.165) is 18.4 Å². The van der Waals surface area contributed by atoms with E-state index in [9.17, 15) is 13.2 Å². The lowest BCUT2D eigenvalue weighted by Gasteiger charge is -2.13. The third-order valence-electron chi connectivity index (χ3n) is 3.06. The van der Waals surface area contributed by atoms with E-state index in [0.29, 0.717) is 6.54 Å². The second kappa shape index (κ2) is 6.09. The Hall–Kier alpha value is -1.82. The summed E-state index contributed by atoms with van der Waals surface area (Å²) in [5, 5.41) is 3.01. The minimum atomic E-state index is -4.32. The maximum absolute atomic E-state index is 12.8. The van der Waals surface area contributed by atoms with Gasteiger partial charge in [-0.05, 0) is 18.6 Å². The third kappa shape index (κ3) is 3.39. The maximum Gasteiger partial charge on any atom is 0.416 e. The highest BCUT2D eigenvalue weighted by atomic mass is 19.4. The number of hydrogen-bond acceptors (Lipinski definition) is 2. The number of alkyl halides is 3. The van der Waals surface area contributed by atoms with Crippen molar-refractivity contribution in [2.24, 2.45) is 0 Å². The summed E-state index contributed by atoms with van der Waals surface area (Å²) in [6.07, 6.45) is -0.787. The molecule has 20 heavy (non-hydrogen) atoms. The number of aromatic nitrogens is 2. The zero-order valence-electron chi connectivity index (χ0n) is 11.1. The van der Waals surface area contributed by atoms with E-state index in [4.69, 9.17) is 0 Å². The van der Waals surface area contributed by atoms with Gasteiger partial charge in [0.1, 0.15) is 5.82 Å². The fourth-order valence-corrected chi connectivity index (χ4v) is 2.06. The number of nitrogens with zero attached hydrogens (tertiary/aromatic N) is 2. The summed E-state index contributed by atoms with van der Waals surface area (Å²) in [4.78, 5) is 4.17. The maximum atomic E-state index is 12.8. The molecular weight excluding hydrogens is 267 g/mol. The molecule has 0 amide bonds. The van der Waals surface area contributed by atoms with Crippen molar-refractivity contribution < 1.29 is 13.2 Å². The van der Waals surface area contributed by atoms with Crippen LogP contribution in [0.4, 0.5) is 13.2 Å². The molecule has 1 aromatic heterocycles. The highest BCUT2D eigenvalue weighted by molar-refractivity contribution is 5.29. The first-order valence-electron chi connectivity index (χ1n) is 6.38. The number of nitrogens with one attached hydrogen (secondary N) is 1. The molecule has 3 nitrogen and oxygen atoms in total. The lowest BCUT2D eigenvalue weighted by molar-refractivity contribution is -0.138. The number of imidazole rings is 1. The van der Waals surface area contributed by atoms with Crippen LogP contribution in [0.1, 0.15) is 23.9 Å². The molecule has 108 valence electrons. The summed E-state index contributed by atoms with van der Waals surface area (Å²) < 4.78 is 40.4. The average molecular weight is 283 g/mol. The first-order chi connectivity index (χ1) is 9.52. The Morgan fingerprint density at radius 3 is 2.65 bits per heavy atom. The van der Waals surface area contributed by atoms with Gasteiger partial charge in [0.25, 0.3) is 0 Å². The zero-order chi connectivity index (χ0) is 14.6. The predicted molar refractivity (Wildman–Crippen MR) is 69.9 cm³/mol. The van der Waals surface area contributed by atoms with E-state index in [1.165, 1.54) is 12.1 Å². The van der Waals surface area contributed by atoms with Crippen molar-refractivity contribution in [1.29, 1.82) is 0 Å². The summed E-state index contributed by atoms with van der Waals surface area (Å²) in [5.41, 5.74) is -0.346. The van der Waals surface area contributed by atoms with Gasteiger partial charge in [0.05, 0.1) is 12.1 Å². The molecule has 0 fully saturated rings. The average Bonchev–Trinajstić information content (AvgIpc) is 2.85. The summed E-state index contributed by atoms with van der Waals surface area (Å²) in [6, 6.07) is 5.60. The molecule has 0 atom stereocenters. The molecule has 2 rings (SSSR count). The Morgan fingerprint density at radius 1 is 1.20 bits per heavy atom. The lowest BCUT2D eigenvalue weighted by Crippen LogP contribution is -2.19. The van der Waals surface area contributed by atoms with Gasteiger partial charge in [-0.25, -0.2) is 4.98 Å². The Morgan fingerprint density at radius 2 is 1.95 bits per heavy atom. The number of hydrogen-bond donors (Lipinski definition) is 1. The summed E-state index contributed by atoms with van der Waals surface area (Å²) >= 11 is 0. The molecule has 2 aromatic rings. The minimum Gasteiger partial charge on any atom is -0.334 e. The van der Waals surface area contributed by atoms with Gasteiger partial charge in [-0.15, -0.1) is 0 Å². The van der Waals surface area contributed by atoms with Crippen molar-refractivity contribution in [3.8, 4) is 0 Å². The van der Waals surface area contributed by atoms with Gasteiger partial charge >= 0.3 is 6.18 Å². The van der Waals surface area contributed by atoms with E-state index >= 15 is 0 Å². The van der Waals surface area contributed by atoms with Crippen molar-refractivity contribution in [3.63, 3.8) is 0 Å². The van der Waals surface area contributed by atoms with E-state index in [1.54, 1.807) is 12.3 Å². The van der Waals surface area contributed by atoms with Crippen molar-refractivity contribution in [2.45, 2.75) is 32.7 Å². The molecule has 0 unspecified atom stereocenters. The van der Waals surface area contributed by atoms with Crippen LogP contribution in [0.15, 0.2) is 36.7 Å². The van der Waals surface area contributed by atoms with Crippen molar-refractivity contribution in [3.05, 3.63) is 53.6 Å². The topological polar surface area (TPSA) is 29.9 Å². The second-order valence-electron chi connectivity index (χ2n) is 4.39. The summed E-state index contributed by atoms with van der Waals surface area (Å²) in [6.45, 7) is 3.37. The van der Waals surface area contributed by atoms with Crippen LogP contribution in [0.5, 0.6) is 0 Å². The molecule has 0 radical (unpaired) electrons. The second-order valence-corrected chi connectivity index (χ2v) is 4.39. The first-order valence-corrected chi connectivity index (χ1v) is 6.38. The zero-order valence-corrected chi connectivity index (χ0v) is 11.1. The molecule has 0 aliphatic rings. The van der Waals surface area contributed by atoms with Gasteiger partial charge in [0.2, 0.25) is 0 Å². The Bertz CT molecular complexity index is 561. The van der Waals surface area contributed by atoms with Crippen molar-refractivity contribution in [1.82, 2.24) is 14.9 Å². The van der Waals surface area contributed by atoms with Crippen LogP contribution in [0, 0.1) is 0 Å². The van der Waals surface area contributed by atoms with Crippen LogP contribution in [0.25, 0.3) is 0 Å². The van der Waals surface area contributed by atoms with Crippen LogP contribution in [-0.4, -0.2) is 9.55 Å². The van der Waals surface area contributed by atoms with Crippen LogP contribution in [0.2, 0.25) is 0 Å². The summed E-state index contributed by atoms with van der Waals surface area (Å²) in [7, 11) is 0. The van der Waals surface area contributed by atoms with Crippen LogP contribution in [-0.2, 0) is 25.8 Å². The number of rotatable bonds is 5. The monoisotopic (exact) mass is 283 g/mol. The highest BCUT2D eigenvalue weighted by Crippen LogP contribution is 2.31. The molecule has 0 aliphatic heterocycles.